The first-order valence-corrected chi connectivity index (χ1v) is 5.39. The van der Waals surface area contributed by atoms with Gasteiger partial charge in [0, 0.05) is 11.0 Å². The number of rotatable bonds is 3. The molecule has 0 radical (unpaired) electrons. The number of methoxy groups -OCH3 is 1. The number of aromatic hydroxyl groups is 1. The summed E-state index contributed by atoms with van der Waals surface area (Å²) in [5.41, 5.74) is 1.36. The number of hydrogen-bond donors (Lipinski definition) is 1. The third-order valence-electron chi connectivity index (χ3n) is 2.86. The first kappa shape index (κ1) is 16.2. The molecular formula is C15H22O3. The molecule has 0 aliphatic rings. The van der Waals surface area contributed by atoms with Crippen molar-refractivity contribution < 1.29 is 14.6 Å². The molecule has 1 N–H and O–H groups in total. The molecule has 3 nitrogen and oxygen atoms in total. The van der Waals surface area contributed by atoms with Crippen molar-refractivity contribution in [2.24, 2.45) is 0 Å². The smallest absolute Gasteiger partial charge is 0.341 e. The van der Waals surface area contributed by atoms with Crippen LogP contribution >= 0.6 is 0 Å². The van der Waals surface area contributed by atoms with Crippen LogP contribution in [0.5, 0.6) is 5.75 Å². The summed E-state index contributed by atoms with van der Waals surface area (Å²) in [7, 11) is 1.29. The molecule has 0 spiro atoms. The van der Waals surface area contributed by atoms with Crippen molar-refractivity contribution in [1.29, 1.82) is 0 Å². The van der Waals surface area contributed by atoms with E-state index in [-0.39, 0.29) is 18.7 Å². The summed E-state index contributed by atoms with van der Waals surface area (Å²) in [4.78, 5) is 11.5. The van der Waals surface area contributed by atoms with E-state index in [9.17, 15) is 9.90 Å². The molecule has 3 heteroatoms. The number of carbonyl (C=O) groups is 1. The molecule has 0 aliphatic carbocycles. The summed E-state index contributed by atoms with van der Waals surface area (Å²) in [6.45, 7) is 9.47. The molecule has 0 bridgehead atoms. The van der Waals surface area contributed by atoms with Crippen molar-refractivity contribution in [3.63, 3.8) is 0 Å². The van der Waals surface area contributed by atoms with Gasteiger partial charge in [0.05, 0.1) is 7.11 Å². The maximum absolute atomic E-state index is 11.5. The van der Waals surface area contributed by atoms with Crippen LogP contribution in [-0.4, -0.2) is 18.2 Å². The summed E-state index contributed by atoms with van der Waals surface area (Å²) < 4.78 is 4.65. The number of benzene rings is 1. The molecule has 0 saturated heterocycles. The predicted octanol–water partition coefficient (Wildman–Crippen LogP) is 3.59. The number of allylic oxidation sites excluding steroid dienone is 1. The van der Waals surface area contributed by atoms with Crippen molar-refractivity contribution in [2.75, 3.05) is 7.11 Å². The van der Waals surface area contributed by atoms with E-state index < -0.39 is 11.4 Å². The Labute approximate surface area is 109 Å². The van der Waals surface area contributed by atoms with E-state index in [1.165, 1.54) is 7.11 Å². The van der Waals surface area contributed by atoms with Crippen LogP contribution in [0.3, 0.4) is 0 Å². The Morgan fingerprint density at radius 2 is 2.00 bits per heavy atom. The Balaban J connectivity index is 0.00000289. The predicted molar refractivity (Wildman–Crippen MR) is 74.1 cm³/mol. The van der Waals surface area contributed by atoms with Crippen LogP contribution in [0.2, 0.25) is 0 Å². The number of ether oxygens (including phenoxy) is 1. The van der Waals surface area contributed by atoms with Crippen molar-refractivity contribution >= 4 is 5.97 Å². The van der Waals surface area contributed by atoms with Gasteiger partial charge < -0.3 is 9.84 Å². The molecule has 18 heavy (non-hydrogen) atoms. The third-order valence-corrected chi connectivity index (χ3v) is 2.86. The zero-order valence-electron chi connectivity index (χ0n) is 10.7. The van der Waals surface area contributed by atoms with Crippen LogP contribution < -0.4 is 0 Å². The van der Waals surface area contributed by atoms with Crippen molar-refractivity contribution in [1.82, 2.24) is 0 Å². The fourth-order valence-corrected chi connectivity index (χ4v) is 1.65. The maximum Gasteiger partial charge on any atom is 0.341 e. The monoisotopic (exact) mass is 250 g/mol. The topological polar surface area (TPSA) is 46.5 Å². The normalized spacial score (nSPS) is 10.4. The van der Waals surface area contributed by atoms with Gasteiger partial charge in [0.15, 0.2) is 0 Å². The van der Waals surface area contributed by atoms with Gasteiger partial charge in [-0.25, -0.2) is 4.79 Å². The van der Waals surface area contributed by atoms with Crippen molar-refractivity contribution in [3.8, 4) is 5.75 Å². The second-order valence-corrected chi connectivity index (χ2v) is 4.63. The fourth-order valence-electron chi connectivity index (χ4n) is 1.65. The summed E-state index contributed by atoms with van der Waals surface area (Å²) >= 11 is 0. The largest absolute Gasteiger partial charge is 0.507 e. The lowest BCUT2D eigenvalue weighted by molar-refractivity contribution is 0.0597. The van der Waals surface area contributed by atoms with Gasteiger partial charge in [0.25, 0.3) is 0 Å². The minimum atomic E-state index is -0.535. The number of phenols is 1. The van der Waals surface area contributed by atoms with Crippen molar-refractivity contribution in [3.05, 3.63) is 41.5 Å². The molecule has 1 rings (SSSR count). The van der Waals surface area contributed by atoms with E-state index in [1.54, 1.807) is 12.1 Å². The highest BCUT2D eigenvalue weighted by Crippen LogP contribution is 2.35. The number of esters is 1. The van der Waals surface area contributed by atoms with Gasteiger partial charge >= 0.3 is 5.97 Å². The summed E-state index contributed by atoms with van der Waals surface area (Å²) in [6.07, 6.45) is 1.74. The molecule has 0 heterocycles. The molecule has 0 aromatic heterocycles. The highest BCUT2D eigenvalue weighted by molar-refractivity contribution is 5.93. The minimum Gasteiger partial charge on any atom is -0.507 e. The Hall–Kier alpha value is -1.77. The molecule has 0 unspecified atom stereocenters. The van der Waals surface area contributed by atoms with Crippen LogP contribution in [0.25, 0.3) is 0 Å². The molecule has 0 fully saturated rings. The van der Waals surface area contributed by atoms with Gasteiger partial charge in [-0.2, -0.15) is 0 Å². The first-order chi connectivity index (χ1) is 7.83. The van der Waals surface area contributed by atoms with Gasteiger partial charge in [0.1, 0.15) is 11.3 Å². The van der Waals surface area contributed by atoms with E-state index in [2.05, 4.69) is 11.3 Å². The van der Waals surface area contributed by atoms with Gasteiger partial charge in [-0.05, 0) is 18.6 Å². The molecule has 0 amide bonds. The Bertz CT molecular complexity index is 459. The molecule has 1 aromatic carbocycles. The van der Waals surface area contributed by atoms with Gasteiger partial charge in [-0.1, -0.05) is 33.4 Å². The molecule has 1 aromatic rings. The van der Waals surface area contributed by atoms with Gasteiger partial charge in [-0.3, -0.25) is 0 Å². The minimum absolute atomic E-state index is 0. The zero-order valence-corrected chi connectivity index (χ0v) is 10.7. The van der Waals surface area contributed by atoms with Crippen LogP contribution in [-0.2, 0) is 10.2 Å². The number of phenolic OH excluding ortho intramolecular Hbond substituents is 1. The maximum atomic E-state index is 11.5. The van der Waals surface area contributed by atoms with Crippen LogP contribution in [0.15, 0.2) is 24.8 Å². The standard InChI is InChI=1S/C14H18O3.CH4/c1-6-14(3,4)11-8-9(2)7-10(12(11)15)13(16)17-5;/h6-8,15H,1H2,2-5H3;1H4. The molecule has 0 saturated carbocycles. The summed E-state index contributed by atoms with van der Waals surface area (Å²) in [6, 6.07) is 3.47. The Morgan fingerprint density at radius 1 is 1.44 bits per heavy atom. The quantitative estimate of drug-likeness (QED) is 0.658. The summed E-state index contributed by atoms with van der Waals surface area (Å²) in [5.74, 6) is -0.570. The van der Waals surface area contributed by atoms with Gasteiger partial charge in [0.2, 0.25) is 0 Å². The van der Waals surface area contributed by atoms with E-state index in [1.807, 2.05) is 26.8 Å². The van der Waals surface area contributed by atoms with Crippen molar-refractivity contribution in [2.45, 2.75) is 33.6 Å². The molecule has 0 aliphatic heterocycles. The zero-order chi connectivity index (χ0) is 13.2. The van der Waals surface area contributed by atoms with E-state index in [4.69, 9.17) is 0 Å². The SMILES string of the molecule is C.C=CC(C)(C)c1cc(C)cc(C(=O)OC)c1O. The van der Waals surface area contributed by atoms with Crippen LogP contribution in [0, 0.1) is 6.92 Å². The second-order valence-electron chi connectivity index (χ2n) is 4.63. The highest BCUT2D eigenvalue weighted by Gasteiger charge is 2.25. The fraction of sp³-hybridized carbons (Fsp3) is 0.400. The Kier molecular flexibility index (Phi) is 5.15. The lowest BCUT2D eigenvalue weighted by Gasteiger charge is -2.23. The Morgan fingerprint density at radius 3 is 2.44 bits per heavy atom. The first-order valence-electron chi connectivity index (χ1n) is 5.39. The molecule has 100 valence electrons. The van der Waals surface area contributed by atoms with Crippen LogP contribution in [0.1, 0.15) is 42.8 Å². The average molecular weight is 250 g/mol. The number of aryl methyl sites for hydroxylation is 1. The third kappa shape index (κ3) is 2.92. The average Bonchev–Trinajstić information content (AvgIpc) is 2.30. The van der Waals surface area contributed by atoms with E-state index in [0.717, 1.165) is 5.56 Å². The molecule has 0 atom stereocenters. The molecular weight excluding hydrogens is 228 g/mol. The lowest BCUT2D eigenvalue weighted by atomic mass is 9.82. The summed E-state index contributed by atoms with van der Waals surface area (Å²) in [5, 5.41) is 10.1. The second kappa shape index (κ2) is 5.71. The van der Waals surface area contributed by atoms with E-state index in [0.29, 0.717) is 5.56 Å². The van der Waals surface area contributed by atoms with Gasteiger partial charge in [-0.15, -0.1) is 6.58 Å². The number of hydrogen-bond acceptors (Lipinski definition) is 3. The van der Waals surface area contributed by atoms with E-state index >= 15 is 0 Å². The number of carbonyl (C=O) groups excluding carboxylic acids is 1. The highest BCUT2D eigenvalue weighted by atomic mass is 16.5. The lowest BCUT2D eigenvalue weighted by Crippen LogP contribution is -2.15. The van der Waals surface area contributed by atoms with Crippen LogP contribution in [0.4, 0.5) is 0 Å².